The molecule has 0 fully saturated rings. The third-order valence-corrected chi connectivity index (χ3v) is 15.5. The fraction of sp³-hybridized carbons (Fsp3) is 0.818. The van der Waals surface area contributed by atoms with E-state index in [1.54, 1.807) is 0 Å². The Morgan fingerprint density at radius 3 is 1.58 bits per heavy atom. The summed E-state index contributed by atoms with van der Waals surface area (Å²) >= 11 is 0. The molecule has 26 heavy (non-hydrogen) atoms. The van der Waals surface area contributed by atoms with Crippen LogP contribution in [0, 0.1) is 17.8 Å². The maximum atomic E-state index is 6.77. The van der Waals surface area contributed by atoms with Gasteiger partial charge in [-0.2, -0.15) is 0 Å². The molecule has 0 amide bonds. The quantitative estimate of drug-likeness (QED) is 0.250. The molecule has 0 radical (unpaired) electrons. The lowest BCUT2D eigenvalue weighted by molar-refractivity contribution is -0.00957. The van der Waals surface area contributed by atoms with Crippen molar-refractivity contribution in [1.82, 2.24) is 0 Å². The number of rotatable bonds is 8. The molecule has 2 atom stereocenters. The van der Waals surface area contributed by atoms with E-state index in [9.17, 15) is 0 Å². The van der Waals surface area contributed by atoms with Crippen molar-refractivity contribution in [3.05, 3.63) is 12.7 Å². The number of terminal acetylenes is 1. The first-order valence-electron chi connectivity index (χ1n) is 9.75. The first kappa shape index (κ1) is 25.7. The molecule has 0 bridgehead atoms. The maximum Gasteiger partial charge on any atom is 0.192 e. The van der Waals surface area contributed by atoms with E-state index in [4.69, 9.17) is 15.3 Å². The van der Waals surface area contributed by atoms with Gasteiger partial charge in [-0.05, 0) is 36.3 Å². The van der Waals surface area contributed by atoms with Crippen LogP contribution >= 0.6 is 0 Å². The molecule has 152 valence electrons. The van der Waals surface area contributed by atoms with E-state index in [-0.39, 0.29) is 27.7 Å². The standard InChI is InChI=1S/C22H44O2Si2/c1-15-17-19(24-26(13,14)21(6,7)8)22(9,10)18(16-2)23-25(11,12)20(3,4)5/h1,16,18-19H,2,17H2,3-14H3/t18-,19-/m1/s1. The van der Waals surface area contributed by atoms with Crippen molar-refractivity contribution >= 4 is 16.6 Å². The van der Waals surface area contributed by atoms with E-state index >= 15 is 0 Å². The Balaban J connectivity index is 5.78. The summed E-state index contributed by atoms with van der Waals surface area (Å²) < 4.78 is 13.5. The first-order valence-corrected chi connectivity index (χ1v) is 15.6. The summed E-state index contributed by atoms with van der Waals surface area (Å²) in [7, 11) is -3.87. The van der Waals surface area contributed by atoms with Crippen molar-refractivity contribution < 1.29 is 8.85 Å². The van der Waals surface area contributed by atoms with Crippen LogP contribution in [-0.4, -0.2) is 28.8 Å². The second-order valence-electron chi connectivity index (χ2n) is 11.1. The predicted molar refractivity (Wildman–Crippen MR) is 122 cm³/mol. The Hall–Kier alpha value is -0.346. The second-order valence-corrected chi connectivity index (χ2v) is 20.6. The minimum Gasteiger partial charge on any atom is -0.412 e. The largest absolute Gasteiger partial charge is 0.412 e. The molecule has 0 aliphatic heterocycles. The molecule has 0 aromatic heterocycles. The first-order chi connectivity index (χ1) is 11.3. The summed E-state index contributed by atoms with van der Waals surface area (Å²) in [5.41, 5.74) is -0.251. The van der Waals surface area contributed by atoms with Crippen LogP contribution in [0.2, 0.25) is 36.3 Å². The van der Waals surface area contributed by atoms with Gasteiger partial charge in [0, 0.05) is 11.8 Å². The average molecular weight is 397 g/mol. The SMILES string of the molecule is C#CC[C@@H](O[Si](C)(C)C(C)(C)C)C(C)(C)[C@@H](C=C)O[Si](C)(C)C(C)(C)C. The molecule has 2 nitrogen and oxygen atoms in total. The molecule has 0 heterocycles. The van der Waals surface area contributed by atoms with Gasteiger partial charge in [0.05, 0.1) is 12.2 Å². The average Bonchev–Trinajstić information content (AvgIpc) is 2.41. The van der Waals surface area contributed by atoms with Crippen molar-refractivity contribution in [2.75, 3.05) is 0 Å². The summed E-state index contributed by atoms with van der Waals surface area (Å²) in [6, 6.07) is 0. The molecule has 0 spiro atoms. The zero-order chi connectivity index (χ0) is 21.2. The van der Waals surface area contributed by atoms with E-state index in [2.05, 4.69) is 94.1 Å². The van der Waals surface area contributed by atoms with E-state index in [1.165, 1.54) is 0 Å². The lowest BCUT2D eigenvalue weighted by Crippen LogP contribution is -2.54. The third-order valence-electron chi connectivity index (χ3n) is 6.55. The van der Waals surface area contributed by atoms with Crippen LogP contribution in [0.15, 0.2) is 12.7 Å². The number of hydrogen-bond acceptors (Lipinski definition) is 2. The smallest absolute Gasteiger partial charge is 0.192 e. The van der Waals surface area contributed by atoms with Crippen LogP contribution in [0.4, 0.5) is 0 Å². The minimum atomic E-state index is -1.94. The molecule has 4 heteroatoms. The summed E-state index contributed by atoms with van der Waals surface area (Å²) in [5.74, 6) is 2.84. The molecule has 0 saturated carbocycles. The lowest BCUT2D eigenvalue weighted by Gasteiger charge is -2.48. The lowest BCUT2D eigenvalue weighted by atomic mass is 9.79. The van der Waals surface area contributed by atoms with E-state index < -0.39 is 16.6 Å². The Morgan fingerprint density at radius 2 is 1.27 bits per heavy atom. The maximum absolute atomic E-state index is 6.77. The van der Waals surface area contributed by atoms with Gasteiger partial charge in [-0.3, -0.25) is 0 Å². The third kappa shape index (κ3) is 6.09. The topological polar surface area (TPSA) is 18.5 Å². The molecular formula is C22H44O2Si2. The van der Waals surface area contributed by atoms with Crippen molar-refractivity contribution in [1.29, 1.82) is 0 Å². The van der Waals surface area contributed by atoms with Crippen molar-refractivity contribution in [3.63, 3.8) is 0 Å². The molecule has 0 aromatic carbocycles. The van der Waals surface area contributed by atoms with Gasteiger partial charge in [-0.15, -0.1) is 18.9 Å². The van der Waals surface area contributed by atoms with Crippen LogP contribution in [0.1, 0.15) is 61.8 Å². The van der Waals surface area contributed by atoms with E-state index in [0.29, 0.717) is 6.42 Å². The monoisotopic (exact) mass is 396 g/mol. The van der Waals surface area contributed by atoms with Gasteiger partial charge in [0.1, 0.15) is 0 Å². The van der Waals surface area contributed by atoms with Gasteiger partial charge >= 0.3 is 0 Å². The van der Waals surface area contributed by atoms with Crippen LogP contribution in [-0.2, 0) is 8.85 Å². The fourth-order valence-corrected chi connectivity index (χ4v) is 5.12. The fourth-order valence-electron chi connectivity index (χ4n) is 2.28. The van der Waals surface area contributed by atoms with Crippen LogP contribution < -0.4 is 0 Å². The Labute approximate surface area is 166 Å². The molecule has 0 N–H and O–H groups in total. The van der Waals surface area contributed by atoms with Crippen molar-refractivity contribution in [3.8, 4) is 12.3 Å². The molecule has 0 aliphatic rings. The van der Waals surface area contributed by atoms with Crippen LogP contribution in [0.5, 0.6) is 0 Å². The normalized spacial score (nSPS) is 16.7. The number of hydrogen-bond donors (Lipinski definition) is 0. The Morgan fingerprint density at radius 1 is 0.885 bits per heavy atom. The highest BCUT2D eigenvalue weighted by molar-refractivity contribution is 6.74. The van der Waals surface area contributed by atoms with Crippen molar-refractivity contribution in [2.24, 2.45) is 5.41 Å². The van der Waals surface area contributed by atoms with Crippen molar-refractivity contribution in [2.45, 2.75) is 110 Å². The molecule has 0 saturated heterocycles. The highest BCUT2D eigenvalue weighted by Crippen LogP contribution is 2.44. The summed E-state index contributed by atoms with van der Waals surface area (Å²) in [6.45, 7) is 31.2. The molecule has 0 aromatic rings. The van der Waals surface area contributed by atoms with Crippen LogP contribution in [0.25, 0.3) is 0 Å². The molecular weight excluding hydrogens is 352 g/mol. The van der Waals surface area contributed by atoms with E-state index in [1.807, 2.05) is 6.08 Å². The highest BCUT2D eigenvalue weighted by atomic mass is 28.4. The van der Waals surface area contributed by atoms with Gasteiger partial charge in [0.15, 0.2) is 16.6 Å². The Bertz CT molecular complexity index is 514. The van der Waals surface area contributed by atoms with Crippen LogP contribution in [0.3, 0.4) is 0 Å². The van der Waals surface area contributed by atoms with Gasteiger partial charge in [-0.1, -0.05) is 61.5 Å². The second kappa shape index (κ2) is 8.35. The Kier molecular flexibility index (Phi) is 8.23. The highest BCUT2D eigenvalue weighted by Gasteiger charge is 2.47. The molecule has 0 rings (SSSR count). The minimum absolute atomic E-state index is 0.0545. The van der Waals surface area contributed by atoms with Gasteiger partial charge < -0.3 is 8.85 Å². The molecule has 0 unspecified atom stereocenters. The van der Waals surface area contributed by atoms with Gasteiger partial charge in [-0.25, -0.2) is 0 Å². The zero-order valence-electron chi connectivity index (χ0n) is 19.5. The van der Waals surface area contributed by atoms with Gasteiger partial charge in [0.2, 0.25) is 0 Å². The zero-order valence-corrected chi connectivity index (χ0v) is 21.5. The summed E-state index contributed by atoms with van der Waals surface area (Å²) in [5, 5.41) is 0.284. The predicted octanol–water partition coefficient (Wildman–Crippen LogP) is 7.00. The van der Waals surface area contributed by atoms with E-state index in [0.717, 1.165) is 0 Å². The van der Waals surface area contributed by atoms with Gasteiger partial charge in [0.25, 0.3) is 0 Å². The summed E-state index contributed by atoms with van der Waals surface area (Å²) in [6.07, 6.45) is 8.11. The summed E-state index contributed by atoms with van der Waals surface area (Å²) in [4.78, 5) is 0. The molecule has 0 aliphatic carbocycles.